The average Bonchev–Trinajstić information content (AvgIpc) is 2.59. The van der Waals surface area contributed by atoms with Crippen molar-refractivity contribution in [2.45, 2.75) is 19.8 Å². The van der Waals surface area contributed by atoms with Gasteiger partial charge in [-0.15, -0.1) is 0 Å². The van der Waals surface area contributed by atoms with Crippen LogP contribution in [0.25, 0.3) is 11.0 Å². The first-order valence-electron chi connectivity index (χ1n) is 5.58. The summed E-state index contributed by atoms with van der Waals surface area (Å²) in [5.41, 5.74) is 3.19. The standard InChI is InChI=1S/C13H18N2O/c1-9-5-6-12-11(7-9)13(14-16-12)10(2)8-15(3)4/h5-7,10H,8H2,1-4H3. The van der Waals surface area contributed by atoms with E-state index in [2.05, 4.69) is 44.1 Å². The van der Waals surface area contributed by atoms with Gasteiger partial charge in [0.2, 0.25) is 0 Å². The van der Waals surface area contributed by atoms with Crippen LogP contribution in [0.1, 0.15) is 24.1 Å². The van der Waals surface area contributed by atoms with Gasteiger partial charge in [-0.3, -0.25) is 0 Å². The normalized spacial score (nSPS) is 13.6. The van der Waals surface area contributed by atoms with Gasteiger partial charge in [0.25, 0.3) is 0 Å². The van der Waals surface area contributed by atoms with Gasteiger partial charge < -0.3 is 9.42 Å². The SMILES string of the molecule is Cc1ccc2onc(C(C)CN(C)C)c2c1. The maximum atomic E-state index is 5.34. The number of nitrogens with zero attached hydrogens (tertiary/aromatic N) is 2. The van der Waals surface area contributed by atoms with Gasteiger partial charge in [-0.25, -0.2) is 0 Å². The number of hydrogen-bond acceptors (Lipinski definition) is 3. The molecule has 0 aliphatic rings. The van der Waals surface area contributed by atoms with E-state index < -0.39 is 0 Å². The first kappa shape index (κ1) is 11.1. The van der Waals surface area contributed by atoms with E-state index in [-0.39, 0.29) is 0 Å². The maximum Gasteiger partial charge on any atom is 0.167 e. The molecule has 0 spiro atoms. The van der Waals surface area contributed by atoms with Crippen LogP contribution in [0.15, 0.2) is 22.7 Å². The fourth-order valence-corrected chi connectivity index (χ4v) is 2.06. The molecule has 0 fully saturated rings. The maximum absolute atomic E-state index is 5.34. The van der Waals surface area contributed by atoms with Crippen molar-refractivity contribution in [1.29, 1.82) is 0 Å². The molecule has 0 bridgehead atoms. The summed E-state index contributed by atoms with van der Waals surface area (Å²) in [6, 6.07) is 6.19. The zero-order valence-corrected chi connectivity index (χ0v) is 10.3. The molecule has 86 valence electrons. The summed E-state index contributed by atoms with van der Waals surface area (Å²) in [5, 5.41) is 5.34. The minimum Gasteiger partial charge on any atom is -0.356 e. The Hall–Kier alpha value is -1.35. The van der Waals surface area contributed by atoms with Crippen LogP contribution in [0, 0.1) is 6.92 Å². The fraction of sp³-hybridized carbons (Fsp3) is 0.462. The Morgan fingerprint density at radius 1 is 1.38 bits per heavy atom. The molecule has 0 radical (unpaired) electrons. The molecular formula is C13H18N2O. The Kier molecular flexibility index (Phi) is 2.97. The number of aromatic nitrogens is 1. The van der Waals surface area contributed by atoms with Crippen molar-refractivity contribution < 1.29 is 4.52 Å². The molecule has 1 aromatic heterocycles. The van der Waals surface area contributed by atoms with Gasteiger partial charge in [-0.1, -0.05) is 23.7 Å². The lowest BCUT2D eigenvalue weighted by atomic mass is 10.0. The van der Waals surface area contributed by atoms with Gasteiger partial charge in [0.15, 0.2) is 5.58 Å². The largest absolute Gasteiger partial charge is 0.356 e. The van der Waals surface area contributed by atoms with Crippen LogP contribution in [0.4, 0.5) is 0 Å². The lowest BCUT2D eigenvalue weighted by Gasteiger charge is -2.14. The Balaban J connectivity index is 2.40. The third kappa shape index (κ3) is 2.09. The van der Waals surface area contributed by atoms with Crippen molar-refractivity contribution in [1.82, 2.24) is 10.1 Å². The molecule has 2 rings (SSSR count). The minimum atomic E-state index is 0.387. The third-order valence-electron chi connectivity index (χ3n) is 2.76. The molecule has 1 unspecified atom stereocenters. The van der Waals surface area contributed by atoms with Gasteiger partial charge in [-0.2, -0.15) is 0 Å². The van der Waals surface area contributed by atoms with Gasteiger partial charge in [0, 0.05) is 17.8 Å². The van der Waals surface area contributed by atoms with Crippen molar-refractivity contribution in [3.8, 4) is 0 Å². The highest BCUT2D eigenvalue weighted by Gasteiger charge is 2.15. The number of fused-ring (bicyclic) bond motifs is 1. The van der Waals surface area contributed by atoms with Crippen LogP contribution >= 0.6 is 0 Å². The summed E-state index contributed by atoms with van der Waals surface area (Å²) >= 11 is 0. The molecule has 0 saturated heterocycles. The van der Waals surface area contributed by atoms with Crippen molar-refractivity contribution in [3.63, 3.8) is 0 Å². The number of rotatable bonds is 3. The van der Waals surface area contributed by atoms with Crippen molar-refractivity contribution >= 4 is 11.0 Å². The second kappa shape index (κ2) is 4.26. The van der Waals surface area contributed by atoms with E-state index in [1.165, 1.54) is 5.56 Å². The van der Waals surface area contributed by atoms with Crippen molar-refractivity contribution in [3.05, 3.63) is 29.5 Å². The summed E-state index contributed by atoms with van der Waals surface area (Å²) in [6.07, 6.45) is 0. The van der Waals surface area contributed by atoms with Crippen molar-refractivity contribution in [2.24, 2.45) is 0 Å². The molecule has 0 saturated carbocycles. The van der Waals surface area contributed by atoms with E-state index >= 15 is 0 Å². The molecule has 0 aliphatic carbocycles. The van der Waals surface area contributed by atoms with Crippen LogP contribution in [0.3, 0.4) is 0 Å². The van der Waals surface area contributed by atoms with E-state index in [1.54, 1.807) is 0 Å². The molecule has 16 heavy (non-hydrogen) atoms. The van der Waals surface area contributed by atoms with E-state index in [1.807, 2.05) is 12.1 Å². The lowest BCUT2D eigenvalue weighted by Crippen LogP contribution is -2.18. The predicted molar refractivity (Wildman–Crippen MR) is 65.7 cm³/mol. The molecule has 1 aromatic carbocycles. The van der Waals surface area contributed by atoms with Crippen molar-refractivity contribution in [2.75, 3.05) is 20.6 Å². The van der Waals surface area contributed by atoms with Gasteiger partial charge in [0.05, 0.1) is 5.69 Å². The topological polar surface area (TPSA) is 29.3 Å². The Labute approximate surface area is 96.0 Å². The summed E-state index contributed by atoms with van der Waals surface area (Å²) in [6.45, 7) is 5.25. The van der Waals surface area contributed by atoms with Gasteiger partial charge in [0.1, 0.15) is 0 Å². The fourth-order valence-electron chi connectivity index (χ4n) is 2.06. The average molecular weight is 218 g/mol. The van der Waals surface area contributed by atoms with Crippen LogP contribution in [0.2, 0.25) is 0 Å². The lowest BCUT2D eigenvalue weighted by molar-refractivity contribution is 0.368. The highest BCUT2D eigenvalue weighted by Crippen LogP contribution is 2.26. The molecule has 1 atom stereocenters. The van der Waals surface area contributed by atoms with E-state index in [9.17, 15) is 0 Å². The minimum absolute atomic E-state index is 0.387. The number of likely N-dealkylation sites (N-methyl/N-ethyl adjacent to an activating group) is 1. The Bertz CT molecular complexity index is 488. The zero-order chi connectivity index (χ0) is 11.7. The van der Waals surface area contributed by atoms with Crippen LogP contribution < -0.4 is 0 Å². The van der Waals surface area contributed by atoms with E-state index in [0.29, 0.717) is 5.92 Å². The quantitative estimate of drug-likeness (QED) is 0.793. The summed E-state index contributed by atoms with van der Waals surface area (Å²) in [4.78, 5) is 2.17. The zero-order valence-electron chi connectivity index (χ0n) is 10.3. The highest BCUT2D eigenvalue weighted by molar-refractivity contribution is 5.80. The second-order valence-corrected chi connectivity index (χ2v) is 4.73. The number of benzene rings is 1. The number of aryl methyl sites for hydroxylation is 1. The molecule has 0 N–H and O–H groups in total. The van der Waals surface area contributed by atoms with Gasteiger partial charge in [-0.05, 0) is 33.2 Å². The smallest absolute Gasteiger partial charge is 0.167 e. The van der Waals surface area contributed by atoms with Crippen LogP contribution in [-0.4, -0.2) is 30.7 Å². The molecule has 0 aliphatic heterocycles. The second-order valence-electron chi connectivity index (χ2n) is 4.73. The highest BCUT2D eigenvalue weighted by atomic mass is 16.5. The number of hydrogen-bond donors (Lipinski definition) is 0. The van der Waals surface area contributed by atoms with Crippen LogP contribution in [-0.2, 0) is 0 Å². The van der Waals surface area contributed by atoms with E-state index in [4.69, 9.17) is 4.52 Å². The summed E-state index contributed by atoms with van der Waals surface area (Å²) < 4.78 is 5.34. The molecule has 0 amide bonds. The first-order valence-corrected chi connectivity index (χ1v) is 5.58. The Morgan fingerprint density at radius 2 is 2.12 bits per heavy atom. The molecule has 3 heteroatoms. The predicted octanol–water partition coefficient (Wildman–Crippen LogP) is 2.80. The molecular weight excluding hydrogens is 200 g/mol. The molecule has 1 heterocycles. The first-order chi connectivity index (χ1) is 7.58. The van der Waals surface area contributed by atoms with Crippen LogP contribution in [0.5, 0.6) is 0 Å². The molecule has 2 aromatic rings. The third-order valence-corrected chi connectivity index (χ3v) is 2.76. The monoisotopic (exact) mass is 218 g/mol. The van der Waals surface area contributed by atoms with Gasteiger partial charge >= 0.3 is 0 Å². The summed E-state index contributed by atoms with van der Waals surface area (Å²) in [5.74, 6) is 0.387. The Morgan fingerprint density at radius 3 is 2.81 bits per heavy atom. The summed E-state index contributed by atoms with van der Waals surface area (Å²) in [7, 11) is 4.15. The molecule has 3 nitrogen and oxygen atoms in total. The van der Waals surface area contributed by atoms with E-state index in [0.717, 1.165) is 23.2 Å².